The Balaban J connectivity index is 1.79. The first-order valence-electron chi connectivity index (χ1n) is 11.1. The summed E-state index contributed by atoms with van der Waals surface area (Å²) < 4.78 is 10.2. The van der Waals surface area contributed by atoms with Gasteiger partial charge < -0.3 is 19.5 Å². The fourth-order valence-corrected chi connectivity index (χ4v) is 4.02. The number of pyridine rings is 1. The van der Waals surface area contributed by atoms with Gasteiger partial charge in [-0.2, -0.15) is 0 Å². The third-order valence-corrected chi connectivity index (χ3v) is 5.76. The van der Waals surface area contributed by atoms with E-state index >= 15 is 0 Å². The fourth-order valence-electron chi connectivity index (χ4n) is 4.02. The predicted molar refractivity (Wildman–Crippen MR) is 132 cm³/mol. The molecule has 4 rings (SSSR count). The molecule has 0 bridgehead atoms. The molecule has 1 unspecified atom stereocenters. The first-order chi connectivity index (χ1) is 17.4. The number of esters is 1. The highest BCUT2D eigenvalue weighted by atomic mass is 16.5. The van der Waals surface area contributed by atoms with E-state index in [1.54, 1.807) is 79.1 Å². The summed E-state index contributed by atoms with van der Waals surface area (Å²) in [6, 6.07) is 15.6. The van der Waals surface area contributed by atoms with Gasteiger partial charge in [-0.1, -0.05) is 30.9 Å². The molecular formula is C28H24N2O6. The van der Waals surface area contributed by atoms with Crippen molar-refractivity contribution in [3.8, 4) is 5.75 Å². The number of ether oxygens (including phenoxy) is 2. The molecule has 3 aromatic rings. The van der Waals surface area contributed by atoms with Gasteiger partial charge in [0.2, 0.25) is 0 Å². The Morgan fingerprint density at radius 1 is 1.08 bits per heavy atom. The summed E-state index contributed by atoms with van der Waals surface area (Å²) >= 11 is 0. The third-order valence-electron chi connectivity index (χ3n) is 5.76. The molecule has 2 heterocycles. The van der Waals surface area contributed by atoms with Crippen molar-refractivity contribution >= 4 is 23.4 Å². The molecule has 1 fully saturated rings. The van der Waals surface area contributed by atoms with Crippen molar-refractivity contribution < 1.29 is 29.0 Å². The van der Waals surface area contributed by atoms with E-state index in [1.807, 2.05) is 0 Å². The van der Waals surface area contributed by atoms with E-state index in [4.69, 9.17) is 9.47 Å². The fraction of sp³-hybridized carbons (Fsp3) is 0.143. The van der Waals surface area contributed by atoms with Gasteiger partial charge in [0, 0.05) is 24.5 Å². The summed E-state index contributed by atoms with van der Waals surface area (Å²) in [7, 11) is 1.28. The quantitative estimate of drug-likeness (QED) is 0.169. The number of ketones is 1. The third kappa shape index (κ3) is 4.88. The van der Waals surface area contributed by atoms with Gasteiger partial charge in [0.05, 0.1) is 24.3 Å². The van der Waals surface area contributed by atoms with Crippen LogP contribution in [0.15, 0.2) is 91.3 Å². The van der Waals surface area contributed by atoms with Crippen LogP contribution in [0, 0.1) is 0 Å². The lowest BCUT2D eigenvalue weighted by atomic mass is 9.94. The van der Waals surface area contributed by atoms with Gasteiger partial charge in [-0.15, -0.1) is 0 Å². The van der Waals surface area contributed by atoms with Crippen molar-refractivity contribution in [3.63, 3.8) is 0 Å². The zero-order valence-corrected chi connectivity index (χ0v) is 19.6. The monoisotopic (exact) mass is 484 g/mol. The van der Waals surface area contributed by atoms with Crippen LogP contribution < -0.4 is 4.74 Å². The number of aliphatic hydroxyl groups is 1. The summed E-state index contributed by atoms with van der Waals surface area (Å²) in [4.78, 5) is 43.7. The normalized spacial score (nSPS) is 16.6. The minimum Gasteiger partial charge on any atom is -0.507 e. The van der Waals surface area contributed by atoms with Crippen LogP contribution in [0.4, 0.5) is 0 Å². The van der Waals surface area contributed by atoms with Crippen molar-refractivity contribution in [2.24, 2.45) is 0 Å². The molecule has 36 heavy (non-hydrogen) atoms. The summed E-state index contributed by atoms with van der Waals surface area (Å²) in [5.74, 6) is -1.79. The second kappa shape index (κ2) is 10.7. The van der Waals surface area contributed by atoms with E-state index < -0.39 is 23.7 Å². The molecule has 1 saturated heterocycles. The Hall–Kier alpha value is -4.72. The standard InChI is InChI=1S/C28H24N2O6/c1-3-15-36-22-12-10-20(11-13-22)25(31)23-24(19-6-8-21(9-7-19)28(34)35-2)30(27(33)26(23)32)17-18-5-4-14-29-16-18/h3-14,16,24,31H,1,15,17H2,2H3/b25-23-. The van der Waals surface area contributed by atoms with Crippen molar-refractivity contribution in [1.29, 1.82) is 0 Å². The summed E-state index contributed by atoms with van der Waals surface area (Å²) in [6.45, 7) is 4.04. The SMILES string of the molecule is C=CCOc1ccc(/C(O)=C2/C(=O)C(=O)N(Cc3cccnc3)C2c2ccc(C(=O)OC)cc2)cc1. The van der Waals surface area contributed by atoms with E-state index in [0.29, 0.717) is 29.0 Å². The Bertz CT molecular complexity index is 1310. The van der Waals surface area contributed by atoms with E-state index in [9.17, 15) is 19.5 Å². The maximum Gasteiger partial charge on any atom is 0.337 e. The van der Waals surface area contributed by atoms with Crippen LogP contribution in [0.5, 0.6) is 5.75 Å². The van der Waals surface area contributed by atoms with E-state index in [1.165, 1.54) is 12.0 Å². The Labute approximate surface area is 208 Å². The highest BCUT2D eigenvalue weighted by molar-refractivity contribution is 6.46. The molecule has 8 nitrogen and oxygen atoms in total. The number of rotatable bonds is 8. The molecular weight excluding hydrogens is 460 g/mol. The molecule has 0 radical (unpaired) electrons. The van der Waals surface area contributed by atoms with Crippen LogP contribution in [0.2, 0.25) is 0 Å². The number of carbonyl (C=O) groups excluding carboxylic acids is 3. The molecule has 1 aromatic heterocycles. The molecule has 1 aliphatic heterocycles. The average molecular weight is 485 g/mol. The van der Waals surface area contributed by atoms with Gasteiger partial charge in [0.1, 0.15) is 18.1 Å². The van der Waals surface area contributed by atoms with Crippen molar-refractivity contribution in [2.75, 3.05) is 13.7 Å². The average Bonchev–Trinajstić information content (AvgIpc) is 3.17. The van der Waals surface area contributed by atoms with E-state index in [2.05, 4.69) is 11.6 Å². The molecule has 1 aliphatic rings. The molecule has 1 amide bonds. The largest absolute Gasteiger partial charge is 0.507 e. The molecule has 8 heteroatoms. The number of amides is 1. The van der Waals surface area contributed by atoms with Gasteiger partial charge in [-0.3, -0.25) is 14.6 Å². The maximum absolute atomic E-state index is 13.2. The highest BCUT2D eigenvalue weighted by Gasteiger charge is 2.46. The number of Topliss-reactive ketones (excluding diaryl/α,β-unsaturated/α-hetero) is 1. The van der Waals surface area contributed by atoms with Gasteiger partial charge in [0.25, 0.3) is 11.7 Å². The van der Waals surface area contributed by atoms with Crippen molar-refractivity contribution in [2.45, 2.75) is 12.6 Å². The van der Waals surface area contributed by atoms with Gasteiger partial charge >= 0.3 is 5.97 Å². The van der Waals surface area contributed by atoms with Crippen LogP contribution >= 0.6 is 0 Å². The van der Waals surface area contributed by atoms with E-state index in [-0.39, 0.29) is 17.9 Å². The highest BCUT2D eigenvalue weighted by Crippen LogP contribution is 2.40. The second-order valence-electron chi connectivity index (χ2n) is 8.03. The van der Waals surface area contributed by atoms with E-state index in [0.717, 1.165) is 5.56 Å². The first-order valence-corrected chi connectivity index (χ1v) is 11.1. The zero-order valence-electron chi connectivity index (χ0n) is 19.6. The summed E-state index contributed by atoms with van der Waals surface area (Å²) in [5, 5.41) is 11.2. The summed E-state index contributed by atoms with van der Waals surface area (Å²) in [6.07, 6.45) is 4.84. The number of aliphatic hydroxyl groups excluding tert-OH is 1. The van der Waals surface area contributed by atoms with Crippen molar-refractivity contribution in [3.05, 3.63) is 114 Å². The molecule has 2 aromatic carbocycles. The Kier molecular flexibility index (Phi) is 7.25. The number of carbonyl (C=O) groups is 3. The smallest absolute Gasteiger partial charge is 0.337 e. The predicted octanol–water partition coefficient (Wildman–Crippen LogP) is 4.05. The minimum absolute atomic E-state index is 0.0468. The first kappa shape index (κ1) is 24.4. The Morgan fingerprint density at radius 3 is 2.39 bits per heavy atom. The molecule has 1 atom stereocenters. The number of hydrogen-bond donors (Lipinski definition) is 1. The number of nitrogens with zero attached hydrogens (tertiary/aromatic N) is 2. The lowest BCUT2D eigenvalue weighted by Gasteiger charge is -2.25. The lowest BCUT2D eigenvalue weighted by Crippen LogP contribution is -2.29. The Morgan fingerprint density at radius 2 is 1.78 bits per heavy atom. The van der Waals surface area contributed by atoms with Crippen LogP contribution in [-0.4, -0.2) is 46.4 Å². The molecule has 0 aliphatic carbocycles. The van der Waals surface area contributed by atoms with Gasteiger partial charge in [-0.25, -0.2) is 4.79 Å². The minimum atomic E-state index is -0.881. The summed E-state index contributed by atoms with van der Waals surface area (Å²) in [5.41, 5.74) is 1.91. The van der Waals surface area contributed by atoms with Crippen LogP contribution in [0.3, 0.4) is 0 Å². The van der Waals surface area contributed by atoms with Crippen LogP contribution in [0.1, 0.15) is 33.1 Å². The molecule has 0 spiro atoms. The van der Waals surface area contributed by atoms with Crippen LogP contribution in [0.25, 0.3) is 5.76 Å². The zero-order chi connectivity index (χ0) is 25.7. The lowest BCUT2D eigenvalue weighted by molar-refractivity contribution is -0.140. The number of likely N-dealkylation sites (tertiary alicyclic amines) is 1. The maximum atomic E-state index is 13.2. The second-order valence-corrected chi connectivity index (χ2v) is 8.03. The van der Waals surface area contributed by atoms with Crippen LogP contribution in [-0.2, 0) is 20.9 Å². The topological polar surface area (TPSA) is 106 Å². The number of aromatic nitrogens is 1. The number of benzene rings is 2. The van der Waals surface area contributed by atoms with Crippen molar-refractivity contribution in [1.82, 2.24) is 9.88 Å². The molecule has 182 valence electrons. The number of hydrogen-bond acceptors (Lipinski definition) is 7. The van der Waals surface area contributed by atoms with Gasteiger partial charge in [0.15, 0.2) is 0 Å². The number of methoxy groups -OCH3 is 1. The molecule has 1 N–H and O–H groups in total. The molecule has 0 saturated carbocycles. The van der Waals surface area contributed by atoms with Gasteiger partial charge in [-0.05, 0) is 53.6 Å².